The van der Waals surface area contributed by atoms with E-state index in [1.165, 1.54) is 19.4 Å². The summed E-state index contributed by atoms with van der Waals surface area (Å²) in [6.45, 7) is 15.6. The molecule has 0 unspecified atom stereocenters. The van der Waals surface area contributed by atoms with E-state index in [0.717, 1.165) is 19.7 Å². The van der Waals surface area contributed by atoms with Gasteiger partial charge in [0.05, 0.1) is 0 Å². The molecule has 2 N–H and O–H groups in total. The minimum absolute atomic E-state index is 0.311. The van der Waals surface area contributed by atoms with Gasteiger partial charge in [-0.05, 0) is 37.5 Å². The van der Waals surface area contributed by atoms with Crippen LogP contribution in [0.5, 0.6) is 0 Å². The highest BCUT2D eigenvalue weighted by Crippen LogP contribution is 2.36. The molecule has 0 saturated carbocycles. The Balaban J connectivity index is 2.28. The monoisotopic (exact) mass is 258 g/mol. The molecule has 0 aromatic rings. The largest absolute Gasteiger partial charge is 0.416 e. The molecule has 1 heterocycles. The molecule has 1 aliphatic rings. The summed E-state index contributed by atoms with van der Waals surface area (Å²) in [5.41, 5.74) is 5.98. The summed E-state index contributed by atoms with van der Waals surface area (Å²) in [6.07, 6.45) is 2.42. The standard InChI is InChI=1S/C13H30N2OSi/c1-13(2,3)17(4,5)16-10-9-15-8-6-7-12(14)11-15/h12H,6-11,14H2,1-5H3/t12-/m1/s1. The molecule has 0 amide bonds. The van der Waals surface area contributed by atoms with Gasteiger partial charge in [-0.1, -0.05) is 20.8 Å². The number of nitrogens with two attached hydrogens (primary N) is 1. The predicted octanol–water partition coefficient (Wildman–Crippen LogP) is 2.43. The fourth-order valence-electron chi connectivity index (χ4n) is 1.94. The van der Waals surface area contributed by atoms with Crippen LogP contribution in [0.4, 0.5) is 0 Å². The van der Waals surface area contributed by atoms with E-state index in [0.29, 0.717) is 11.1 Å². The van der Waals surface area contributed by atoms with Crippen LogP contribution >= 0.6 is 0 Å². The summed E-state index contributed by atoms with van der Waals surface area (Å²) in [5.74, 6) is 0. The first-order valence-electron chi connectivity index (χ1n) is 6.84. The normalized spacial score (nSPS) is 24.0. The van der Waals surface area contributed by atoms with Gasteiger partial charge in [-0.25, -0.2) is 0 Å². The summed E-state index contributed by atoms with van der Waals surface area (Å²) in [4.78, 5) is 2.45. The maximum atomic E-state index is 6.19. The van der Waals surface area contributed by atoms with Crippen LogP contribution in [0.1, 0.15) is 33.6 Å². The Bertz CT molecular complexity index is 238. The third-order valence-corrected chi connectivity index (χ3v) is 8.76. The first kappa shape index (κ1) is 15.2. The zero-order valence-electron chi connectivity index (χ0n) is 12.3. The average Bonchev–Trinajstić information content (AvgIpc) is 2.15. The van der Waals surface area contributed by atoms with Gasteiger partial charge in [0.2, 0.25) is 0 Å². The third kappa shape index (κ3) is 4.70. The Labute approximate surface area is 108 Å². The summed E-state index contributed by atoms with van der Waals surface area (Å²) >= 11 is 0. The molecule has 0 aromatic heterocycles. The fraction of sp³-hybridized carbons (Fsp3) is 1.00. The quantitative estimate of drug-likeness (QED) is 0.787. The molecule has 1 atom stereocenters. The zero-order chi connectivity index (χ0) is 13.1. The number of hydrogen-bond donors (Lipinski definition) is 1. The molecule has 1 fully saturated rings. The fourth-order valence-corrected chi connectivity index (χ4v) is 2.98. The summed E-state index contributed by atoms with van der Waals surface area (Å²) in [6, 6.07) is 0.372. The smallest absolute Gasteiger partial charge is 0.192 e. The number of likely N-dealkylation sites (tertiary alicyclic amines) is 1. The van der Waals surface area contributed by atoms with Gasteiger partial charge >= 0.3 is 0 Å². The van der Waals surface area contributed by atoms with E-state index >= 15 is 0 Å². The van der Waals surface area contributed by atoms with Crippen molar-refractivity contribution in [3.05, 3.63) is 0 Å². The van der Waals surface area contributed by atoms with Gasteiger partial charge in [0.15, 0.2) is 8.32 Å². The maximum Gasteiger partial charge on any atom is 0.192 e. The van der Waals surface area contributed by atoms with Crippen LogP contribution in [0.3, 0.4) is 0 Å². The Morgan fingerprint density at radius 2 is 2.00 bits per heavy atom. The molecule has 1 aliphatic heterocycles. The molecule has 17 heavy (non-hydrogen) atoms. The van der Waals surface area contributed by atoms with Crippen LogP contribution in [0, 0.1) is 0 Å². The van der Waals surface area contributed by atoms with Gasteiger partial charge in [0.25, 0.3) is 0 Å². The molecule has 0 spiro atoms. The Morgan fingerprint density at radius 1 is 1.35 bits per heavy atom. The van der Waals surface area contributed by atoms with Crippen LogP contribution < -0.4 is 5.73 Å². The molecule has 0 bridgehead atoms. The van der Waals surface area contributed by atoms with Crippen LogP contribution in [0.2, 0.25) is 18.1 Å². The Kier molecular flexibility index (Phi) is 5.19. The molecule has 0 radical (unpaired) electrons. The molecule has 0 aromatic carbocycles. The summed E-state index contributed by atoms with van der Waals surface area (Å²) in [5, 5.41) is 0.311. The van der Waals surface area contributed by atoms with Gasteiger partial charge in [0.1, 0.15) is 0 Å². The lowest BCUT2D eigenvalue weighted by Gasteiger charge is -2.37. The van der Waals surface area contributed by atoms with Crippen molar-refractivity contribution in [2.24, 2.45) is 5.73 Å². The minimum atomic E-state index is -1.56. The Morgan fingerprint density at radius 3 is 2.53 bits per heavy atom. The molecule has 4 heteroatoms. The van der Waals surface area contributed by atoms with E-state index in [1.54, 1.807) is 0 Å². The highest BCUT2D eigenvalue weighted by atomic mass is 28.4. The first-order chi connectivity index (χ1) is 7.72. The van der Waals surface area contributed by atoms with Gasteiger partial charge in [-0.3, -0.25) is 4.90 Å². The van der Waals surface area contributed by atoms with Crippen LogP contribution in [-0.2, 0) is 4.43 Å². The van der Waals surface area contributed by atoms with Crippen molar-refractivity contribution < 1.29 is 4.43 Å². The van der Waals surface area contributed by atoms with E-state index < -0.39 is 8.32 Å². The first-order valence-corrected chi connectivity index (χ1v) is 9.75. The van der Waals surface area contributed by atoms with Crippen molar-refractivity contribution >= 4 is 8.32 Å². The van der Waals surface area contributed by atoms with Gasteiger partial charge in [0, 0.05) is 25.7 Å². The van der Waals surface area contributed by atoms with Crippen molar-refractivity contribution in [2.75, 3.05) is 26.2 Å². The molecule has 102 valence electrons. The third-order valence-electron chi connectivity index (χ3n) is 4.22. The van der Waals surface area contributed by atoms with Gasteiger partial charge in [-0.15, -0.1) is 0 Å². The SMILES string of the molecule is CC(C)(C)[Si](C)(C)OCCN1CCC[C@@H](N)C1. The lowest BCUT2D eigenvalue weighted by atomic mass is 10.1. The Hall–Kier alpha value is 0.0969. The van der Waals surface area contributed by atoms with Crippen molar-refractivity contribution in [1.29, 1.82) is 0 Å². The van der Waals surface area contributed by atoms with Crippen molar-refractivity contribution in [3.63, 3.8) is 0 Å². The number of piperidine rings is 1. The van der Waals surface area contributed by atoms with Crippen LogP contribution in [-0.4, -0.2) is 45.5 Å². The van der Waals surface area contributed by atoms with E-state index in [4.69, 9.17) is 10.2 Å². The van der Waals surface area contributed by atoms with Gasteiger partial charge in [-0.2, -0.15) is 0 Å². The zero-order valence-corrected chi connectivity index (χ0v) is 13.3. The van der Waals surface area contributed by atoms with E-state index in [9.17, 15) is 0 Å². The second-order valence-electron chi connectivity index (χ2n) is 6.81. The lowest BCUT2D eigenvalue weighted by Crippen LogP contribution is -2.46. The molecule has 1 saturated heterocycles. The molecular formula is C13H30N2OSi. The topological polar surface area (TPSA) is 38.5 Å². The summed E-state index contributed by atoms with van der Waals surface area (Å²) < 4.78 is 6.19. The van der Waals surface area contributed by atoms with Crippen LogP contribution in [0.15, 0.2) is 0 Å². The molecular weight excluding hydrogens is 228 g/mol. The average molecular weight is 258 g/mol. The van der Waals surface area contributed by atoms with E-state index in [-0.39, 0.29) is 0 Å². The lowest BCUT2D eigenvalue weighted by molar-refractivity contribution is 0.164. The second-order valence-corrected chi connectivity index (χ2v) is 11.6. The number of nitrogens with zero attached hydrogens (tertiary/aromatic N) is 1. The summed E-state index contributed by atoms with van der Waals surface area (Å²) in [7, 11) is -1.56. The van der Waals surface area contributed by atoms with Crippen molar-refractivity contribution in [1.82, 2.24) is 4.90 Å². The predicted molar refractivity (Wildman–Crippen MR) is 76.8 cm³/mol. The highest BCUT2D eigenvalue weighted by molar-refractivity contribution is 6.74. The second kappa shape index (κ2) is 5.82. The number of hydrogen-bond acceptors (Lipinski definition) is 3. The van der Waals surface area contributed by atoms with Crippen molar-refractivity contribution in [3.8, 4) is 0 Å². The van der Waals surface area contributed by atoms with E-state index in [2.05, 4.69) is 38.8 Å². The molecule has 0 aliphatic carbocycles. The van der Waals surface area contributed by atoms with Gasteiger partial charge < -0.3 is 10.2 Å². The molecule has 3 nitrogen and oxygen atoms in total. The maximum absolute atomic E-state index is 6.19. The van der Waals surface area contributed by atoms with E-state index in [1.807, 2.05) is 0 Å². The molecule has 1 rings (SSSR count). The minimum Gasteiger partial charge on any atom is -0.416 e. The number of rotatable bonds is 4. The highest BCUT2D eigenvalue weighted by Gasteiger charge is 2.37. The van der Waals surface area contributed by atoms with Crippen LogP contribution in [0.25, 0.3) is 0 Å². The van der Waals surface area contributed by atoms with Crippen molar-refractivity contribution in [2.45, 2.75) is 57.8 Å².